The molecule has 1 aromatic heterocycles. The zero-order chi connectivity index (χ0) is 23.5. The second kappa shape index (κ2) is 9.98. The SMILES string of the molecule is CCC(C)CN1CCN(Cc2c(OC)cc(C)c3[nH]ccc23)C(c2ccc(C(=O)O)cc2)C1. The van der Waals surface area contributed by atoms with Gasteiger partial charge in [-0.25, -0.2) is 4.79 Å². The fraction of sp³-hybridized carbons (Fsp3) is 0.444. The van der Waals surface area contributed by atoms with Gasteiger partial charge in [-0.05, 0) is 48.2 Å². The van der Waals surface area contributed by atoms with Gasteiger partial charge < -0.3 is 14.8 Å². The average Bonchev–Trinajstić information content (AvgIpc) is 3.32. The van der Waals surface area contributed by atoms with Crippen molar-refractivity contribution in [3.05, 3.63) is 64.8 Å². The Labute approximate surface area is 196 Å². The highest BCUT2D eigenvalue weighted by molar-refractivity contribution is 5.88. The molecule has 3 aromatic rings. The van der Waals surface area contributed by atoms with Crippen LogP contribution >= 0.6 is 0 Å². The molecule has 1 aliphatic rings. The van der Waals surface area contributed by atoms with Crippen LogP contribution in [0.2, 0.25) is 0 Å². The third-order valence-electron chi connectivity index (χ3n) is 7.08. The maximum absolute atomic E-state index is 11.4. The lowest BCUT2D eigenvalue weighted by Gasteiger charge is -2.42. The van der Waals surface area contributed by atoms with E-state index in [1.165, 1.54) is 22.9 Å². The number of aromatic carboxylic acids is 1. The van der Waals surface area contributed by atoms with E-state index in [-0.39, 0.29) is 6.04 Å². The standard InChI is InChI=1S/C27H35N3O3/c1-5-18(2)15-29-12-13-30(24(17-29)20-6-8-21(9-7-20)27(31)32)16-23-22-10-11-28-26(22)19(3)14-25(23)33-4/h6-11,14,18,24,28H,5,12-13,15-17H2,1-4H3,(H,31,32). The third-order valence-corrected chi connectivity index (χ3v) is 7.08. The number of nitrogens with one attached hydrogen (secondary N) is 1. The van der Waals surface area contributed by atoms with Crippen molar-refractivity contribution in [1.82, 2.24) is 14.8 Å². The molecule has 0 aliphatic carbocycles. The fourth-order valence-electron chi connectivity index (χ4n) is 4.95. The maximum atomic E-state index is 11.4. The van der Waals surface area contributed by atoms with E-state index >= 15 is 0 Å². The van der Waals surface area contributed by atoms with Crippen LogP contribution in [0.1, 0.15) is 53.4 Å². The van der Waals surface area contributed by atoms with Gasteiger partial charge in [0.25, 0.3) is 0 Å². The van der Waals surface area contributed by atoms with Gasteiger partial charge in [-0.15, -0.1) is 0 Å². The Morgan fingerprint density at radius 3 is 2.67 bits per heavy atom. The summed E-state index contributed by atoms with van der Waals surface area (Å²) < 4.78 is 5.80. The number of aryl methyl sites for hydroxylation is 1. The number of piperazine rings is 1. The van der Waals surface area contributed by atoms with Crippen molar-refractivity contribution in [3.63, 3.8) is 0 Å². The van der Waals surface area contributed by atoms with Crippen LogP contribution in [0.3, 0.4) is 0 Å². The van der Waals surface area contributed by atoms with Gasteiger partial charge in [0.05, 0.1) is 12.7 Å². The highest BCUT2D eigenvalue weighted by Crippen LogP contribution is 2.35. The van der Waals surface area contributed by atoms with Crippen molar-refractivity contribution in [2.24, 2.45) is 5.92 Å². The minimum Gasteiger partial charge on any atom is -0.496 e. The number of ether oxygens (including phenoxy) is 1. The molecule has 1 saturated heterocycles. The predicted octanol–water partition coefficient (Wildman–Crippen LogP) is 5.09. The molecule has 4 rings (SSSR count). The Bertz CT molecular complexity index is 1110. The molecule has 2 aromatic carbocycles. The molecule has 2 atom stereocenters. The minimum atomic E-state index is -0.889. The summed E-state index contributed by atoms with van der Waals surface area (Å²) in [6.45, 7) is 11.4. The fourth-order valence-corrected chi connectivity index (χ4v) is 4.95. The molecular weight excluding hydrogens is 414 g/mol. The van der Waals surface area contributed by atoms with Gasteiger partial charge in [-0.2, -0.15) is 0 Å². The highest BCUT2D eigenvalue weighted by Gasteiger charge is 2.30. The quantitative estimate of drug-likeness (QED) is 0.501. The normalized spacial score (nSPS) is 18.5. The van der Waals surface area contributed by atoms with Crippen LogP contribution in [-0.4, -0.2) is 59.1 Å². The molecule has 33 heavy (non-hydrogen) atoms. The molecule has 6 heteroatoms. The molecule has 6 nitrogen and oxygen atoms in total. The molecule has 0 saturated carbocycles. The number of carbonyl (C=O) groups is 1. The zero-order valence-electron chi connectivity index (χ0n) is 20.1. The Kier molecular flexibility index (Phi) is 7.05. The summed E-state index contributed by atoms with van der Waals surface area (Å²) >= 11 is 0. The number of carboxylic acids is 1. The maximum Gasteiger partial charge on any atom is 0.335 e. The van der Waals surface area contributed by atoms with E-state index in [9.17, 15) is 9.90 Å². The summed E-state index contributed by atoms with van der Waals surface area (Å²) in [7, 11) is 1.74. The summed E-state index contributed by atoms with van der Waals surface area (Å²) in [4.78, 5) is 19.8. The number of rotatable bonds is 8. The number of benzene rings is 2. The Balaban J connectivity index is 1.67. The molecule has 2 heterocycles. The van der Waals surface area contributed by atoms with Gasteiger partial charge in [0.1, 0.15) is 5.75 Å². The number of H-pyrrole nitrogens is 1. The molecule has 2 unspecified atom stereocenters. The first kappa shape index (κ1) is 23.3. The van der Waals surface area contributed by atoms with E-state index in [1.54, 1.807) is 19.2 Å². The van der Waals surface area contributed by atoms with Gasteiger partial charge >= 0.3 is 5.97 Å². The van der Waals surface area contributed by atoms with Gasteiger partial charge in [0.2, 0.25) is 0 Å². The first-order valence-corrected chi connectivity index (χ1v) is 11.8. The Morgan fingerprint density at radius 1 is 1.24 bits per heavy atom. The van der Waals surface area contributed by atoms with E-state index in [0.29, 0.717) is 11.5 Å². The Morgan fingerprint density at radius 2 is 2.00 bits per heavy atom. The summed E-state index contributed by atoms with van der Waals surface area (Å²) in [5.41, 5.74) is 5.01. The molecule has 1 fully saturated rings. The number of aromatic nitrogens is 1. The van der Waals surface area contributed by atoms with Crippen LogP contribution in [-0.2, 0) is 6.54 Å². The number of hydrogen-bond donors (Lipinski definition) is 2. The second-order valence-corrected chi connectivity index (χ2v) is 9.33. The monoisotopic (exact) mass is 449 g/mol. The largest absolute Gasteiger partial charge is 0.496 e. The van der Waals surface area contributed by atoms with Crippen LogP contribution in [0.25, 0.3) is 10.9 Å². The van der Waals surface area contributed by atoms with E-state index in [1.807, 2.05) is 18.3 Å². The van der Waals surface area contributed by atoms with Gasteiger partial charge in [0, 0.05) is 61.4 Å². The van der Waals surface area contributed by atoms with Crippen LogP contribution in [0.5, 0.6) is 5.75 Å². The number of aromatic amines is 1. The van der Waals surface area contributed by atoms with Crippen molar-refractivity contribution >= 4 is 16.9 Å². The average molecular weight is 450 g/mol. The van der Waals surface area contributed by atoms with Crippen LogP contribution in [0, 0.1) is 12.8 Å². The lowest BCUT2D eigenvalue weighted by molar-refractivity contribution is 0.0594. The molecule has 2 N–H and O–H groups in total. The minimum absolute atomic E-state index is 0.186. The van der Waals surface area contributed by atoms with Crippen molar-refractivity contribution in [1.29, 1.82) is 0 Å². The van der Waals surface area contributed by atoms with Crippen LogP contribution < -0.4 is 4.74 Å². The number of fused-ring (bicyclic) bond motifs is 1. The summed E-state index contributed by atoms with van der Waals surface area (Å²) in [6, 6.07) is 11.8. The zero-order valence-corrected chi connectivity index (χ0v) is 20.1. The molecule has 176 valence electrons. The topological polar surface area (TPSA) is 68.8 Å². The number of methoxy groups -OCH3 is 1. The molecule has 0 spiro atoms. The molecule has 0 bridgehead atoms. The van der Waals surface area contributed by atoms with Crippen LogP contribution in [0.15, 0.2) is 42.6 Å². The van der Waals surface area contributed by atoms with Gasteiger partial charge in [-0.3, -0.25) is 9.80 Å². The van der Waals surface area contributed by atoms with Crippen molar-refractivity contribution in [2.75, 3.05) is 33.3 Å². The lowest BCUT2D eigenvalue weighted by Crippen LogP contribution is -2.49. The van der Waals surface area contributed by atoms with Crippen LogP contribution in [0.4, 0.5) is 0 Å². The summed E-state index contributed by atoms with van der Waals surface area (Å²) in [5, 5.41) is 10.5. The molecule has 0 radical (unpaired) electrons. The van der Waals surface area contributed by atoms with Crippen molar-refractivity contribution < 1.29 is 14.6 Å². The number of nitrogens with zero attached hydrogens (tertiary/aromatic N) is 2. The summed E-state index contributed by atoms with van der Waals surface area (Å²) in [5.74, 6) is 0.685. The van der Waals surface area contributed by atoms with Gasteiger partial charge in [-0.1, -0.05) is 32.4 Å². The van der Waals surface area contributed by atoms with E-state index in [2.05, 4.69) is 47.7 Å². The predicted molar refractivity (Wildman–Crippen MR) is 132 cm³/mol. The highest BCUT2D eigenvalue weighted by atomic mass is 16.5. The smallest absolute Gasteiger partial charge is 0.335 e. The number of carboxylic acid groups (broad SMARTS) is 1. The lowest BCUT2D eigenvalue weighted by atomic mass is 9.97. The third kappa shape index (κ3) is 4.92. The van der Waals surface area contributed by atoms with E-state index in [0.717, 1.165) is 49.6 Å². The van der Waals surface area contributed by atoms with E-state index in [4.69, 9.17) is 4.74 Å². The first-order valence-electron chi connectivity index (χ1n) is 11.8. The molecular formula is C27H35N3O3. The van der Waals surface area contributed by atoms with E-state index < -0.39 is 5.97 Å². The van der Waals surface area contributed by atoms with Gasteiger partial charge in [0.15, 0.2) is 0 Å². The molecule has 1 aliphatic heterocycles. The first-order chi connectivity index (χ1) is 15.9. The number of hydrogen-bond acceptors (Lipinski definition) is 4. The Hall–Kier alpha value is -2.83. The molecule has 0 amide bonds. The van der Waals surface area contributed by atoms with Crippen molar-refractivity contribution in [3.8, 4) is 5.75 Å². The second-order valence-electron chi connectivity index (χ2n) is 9.33. The summed E-state index contributed by atoms with van der Waals surface area (Å²) in [6.07, 6.45) is 3.16. The van der Waals surface area contributed by atoms with Crippen molar-refractivity contribution in [2.45, 2.75) is 39.8 Å².